The first-order valence-electron chi connectivity index (χ1n) is 7.72. The molecule has 24 heavy (non-hydrogen) atoms. The number of carbonyl (C=O) groups is 1. The van der Waals surface area contributed by atoms with E-state index in [1.807, 2.05) is 29.2 Å². The molecule has 0 atom stereocenters. The number of amides is 1. The minimum absolute atomic E-state index is 0.0500. The molecule has 0 N–H and O–H groups in total. The van der Waals surface area contributed by atoms with Gasteiger partial charge in [0.15, 0.2) is 0 Å². The first-order valence-corrected chi connectivity index (χ1v) is 8.47. The van der Waals surface area contributed by atoms with E-state index in [-0.39, 0.29) is 5.91 Å². The van der Waals surface area contributed by atoms with Gasteiger partial charge in [-0.1, -0.05) is 23.2 Å². The van der Waals surface area contributed by atoms with Gasteiger partial charge < -0.3 is 14.5 Å². The zero-order valence-electron chi connectivity index (χ0n) is 13.3. The molecule has 0 bridgehead atoms. The molecule has 0 spiro atoms. The molecule has 1 saturated heterocycles. The van der Waals surface area contributed by atoms with Crippen LogP contribution in [0.1, 0.15) is 10.4 Å². The molecule has 126 valence electrons. The number of piperazine rings is 1. The summed E-state index contributed by atoms with van der Waals surface area (Å²) >= 11 is 12.0. The van der Waals surface area contributed by atoms with Crippen molar-refractivity contribution >= 4 is 34.8 Å². The Hall–Kier alpha value is -1.91. The van der Waals surface area contributed by atoms with Crippen LogP contribution in [-0.4, -0.2) is 44.1 Å². The van der Waals surface area contributed by atoms with E-state index in [0.29, 0.717) is 28.7 Å². The fraction of sp³-hybridized carbons (Fsp3) is 0.278. The summed E-state index contributed by atoms with van der Waals surface area (Å²) in [7, 11) is 1.65. The summed E-state index contributed by atoms with van der Waals surface area (Å²) in [4.78, 5) is 16.7. The Morgan fingerprint density at radius 2 is 1.67 bits per heavy atom. The summed E-state index contributed by atoms with van der Waals surface area (Å²) in [5, 5.41) is 0.922. The standard InChI is InChI=1S/C18H18Cl2N2O2/c1-24-15-5-3-14(4-6-15)21-8-10-22(11-9-21)18(23)16-7-2-13(19)12-17(16)20/h2-7,12H,8-11H2,1H3. The number of ether oxygens (including phenoxy) is 1. The van der Waals surface area contributed by atoms with Crippen molar-refractivity contribution in [1.82, 2.24) is 4.90 Å². The largest absolute Gasteiger partial charge is 0.497 e. The number of hydrogen-bond acceptors (Lipinski definition) is 3. The Morgan fingerprint density at radius 3 is 2.25 bits per heavy atom. The van der Waals surface area contributed by atoms with Gasteiger partial charge in [-0.2, -0.15) is 0 Å². The Morgan fingerprint density at radius 1 is 1.00 bits per heavy atom. The topological polar surface area (TPSA) is 32.8 Å². The predicted molar refractivity (Wildman–Crippen MR) is 97.6 cm³/mol. The summed E-state index contributed by atoms with van der Waals surface area (Å²) in [6.45, 7) is 2.88. The molecule has 0 aromatic heterocycles. The Bertz CT molecular complexity index is 726. The van der Waals surface area contributed by atoms with Gasteiger partial charge in [0, 0.05) is 36.9 Å². The van der Waals surface area contributed by atoms with Gasteiger partial charge in [0.2, 0.25) is 0 Å². The number of nitrogens with zero attached hydrogens (tertiary/aromatic N) is 2. The molecule has 2 aromatic carbocycles. The molecule has 1 fully saturated rings. The highest BCUT2D eigenvalue weighted by Gasteiger charge is 2.23. The molecule has 0 saturated carbocycles. The van der Waals surface area contributed by atoms with Crippen LogP contribution in [0.4, 0.5) is 5.69 Å². The van der Waals surface area contributed by atoms with E-state index in [1.54, 1.807) is 25.3 Å². The highest BCUT2D eigenvalue weighted by atomic mass is 35.5. The Labute approximate surface area is 151 Å². The molecule has 1 aliphatic rings. The molecular formula is C18H18Cl2N2O2. The highest BCUT2D eigenvalue weighted by molar-refractivity contribution is 6.36. The summed E-state index contributed by atoms with van der Waals surface area (Å²) in [5.41, 5.74) is 1.63. The molecule has 2 aromatic rings. The van der Waals surface area contributed by atoms with Crippen molar-refractivity contribution in [2.24, 2.45) is 0 Å². The third-order valence-corrected chi connectivity index (χ3v) is 4.71. The monoisotopic (exact) mass is 364 g/mol. The smallest absolute Gasteiger partial charge is 0.255 e. The van der Waals surface area contributed by atoms with Crippen LogP contribution in [0, 0.1) is 0 Å². The average Bonchev–Trinajstić information content (AvgIpc) is 2.61. The maximum atomic E-state index is 12.6. The second-order valence-electron chi connectivity index (χ2n) is 5.60. The van der Waals surface area contributed by atoms with Gasteiger partial charge in [-0.3, -0.25) is 4.79 Å². The van der Waals surface area contributed by atoms with Crippen LogP contribution in [0.15, 0.2) is 42.5 Å². The number of hydrogen-bond donors (Lipinski definition) is 0. The van der Waals surface area contributed by atoms with Crippen molar-refractivity contribution in [3.63, 3.8) is 0 Å². The lowest BCUT2D eigenvalue weighted by molar-refractivity contribution is 0.0747. The first-order chi connectivity index (χ1) is 11.6. The Kier molecular flexibility index (Phi) is 5.17. The van der Waals surface area contributed by atoms with Crippen molar-refractivity contribution in [3.05, 3.63) is 58.1 Å². The molecule has 0 unspecified atom stereocenters. The maximum Gasteiger partial charge on any atom is 0.255 e. The predicted octanol–water partition coefficient (Wildman–Crippen LogP) is 3.96. The minimum atomic E-state index is -0.0500. The number of carbonyl (C=O) groups excluding carboxylic acids is 1. The maximum absolute atomic E-state index is 12.6. The number of anilines is 1. The van der Waals surface area contributed by atoms with E-state index >= 15 is 0 Å². The summed E-state index contributed by atoms with van der Waals surface area (Å²) in [6.07, 6.45) is 0. The molecule has 4 nitrogen and oxygen atoms in total. The highest BCUT2D eigenvalue weighted by Crippen LogP contribution is 2.24. The lowest BCUT2D eigenvalue weighted by atomic mass is 10.1. The van der Waals surface area contributed by atoms with Gasteiger partial charge in [-0.05, 0) is 42.5 Å². The van der Waals surface area contributed by atoms with Crippen molar-refractivity contribution < 1.29 is 9.53 Å². The number of halogens is 2. The van der Waals surface area contributed by atoms with Crippen molar-refractivity contribution in [2.75, 3.05) is 38.2 Å². The van der Waals surface area contributed by atoms with E-state index in [4.69, 9.17) is 27.9 Å². The Balaban J connectivity index is 1.64. The van der Waals surface area contributed by atoms with Gasteiger partial charge in [0.25, 0.3) is 5.91 Å². The van der Waals surface area contributed by atoms with Crippen molar-refractivity contribution in [1.29, 1.82) is 0 Å². The normalized spacial score (nSPS) is 14.6. The van der Waals surface area contributed by atoms with E-state index in [0.717, 1.165) is 24.5 Å². The quantitative estimate of drug-likeness (QED) is 0.825. The molecule has 3 rings (SSSR count). The van der Waals surface area contributed by atoms with Gasteiger partial charge in [-0.15, -0.1) is 0 Å². The van der Waals surface area contributed by atoms with Crippen LogP contribution < -0.4 is 9.64 Å². The van der Waals surface area contributed by atoms with E-state index < -0.39 is 0 Å². The molecule has 1 heterocycles. The lowest BCUT2D eigenvalue weighted by Crippen LogP contribution is -2.48. The van der Waals surface area contributed by atoms with Crippen molar-refractivity contribution in [2.45, 2.75) is 0 Å². The average molecular weight is 365 g/mol. The van der Waals surface area contributed by atoms with Gasteiger partial charge in [-0.25, -0.2) is 0 Å². The van der Waals surface area contributed by atoms with Crippen molar-refractivity contribution in [3.8, 4) is 5.75 Å². The SMILES string of the molecule is COc1ccc(N2CCN(C(=O)c3ccc(Cl)cc3Cl)CC2)cc1. The number of rotatable bonds is 3. The molecular weight excluding hydrogens is 347 g/mol. The van der Waals surface area contributed by atoms with Gasteiger partial charge in [0.1, 0.15) is 5.75 Å². The second kappa shape index (κ2) is 7.32. The first kappa shape index (κ1) is 16.9. The van der Waals surface area contributed by atoms with E-state index in [1.165, 1.54) is 0 Å². The number of benzene rings is 2. The van der Waals surface area contributed by atoms with Gasteiger partial charge >= 0.3 is 0 Å². The van der Waals surface area contributed by atoms with Crippen LogP contribution in [0.25, 0.3) is 0 Å². The lowest BCUT2D eigenvalue weighted by Gasteiger charge is -2.36. The third kappa shape index (κ3) is 3.60. The van der Waals surface area contributed by atoms with Crippen LogP contribution in [0.5, 0.6) is 5.75 Å². The molecule has 6 heteroatoms. The third-order valence-electron chi connectivity index (χ3n) is 4.17. The van der Waals surface area contributed by atoms with E-state index in [2.05, 4.69) is 4.90 Å². The molecule has 0 radical (unpaired) electrons. The zero-order chi connectivity index (χ0) is 17.1. The molecule has 1 aliphatic heterocycles. The van der Waals surface area contributed by atoms with Crippen LogP contribution >= 0.6 is 23.2 Å². The van der Waals surface area contributed by atoms with Crippen LogP contribution in [0.3, 0.4) is 0 Å². The number of methoxy groups -OCH3 is 1. The van der Waals surface area contributed by atoms with Gasteiger partial charge in [0.05, 0.1) is 17.7 Å². The fourth-order valence-electron chi connectivity index (χ4n) is 2.79. The van der Waals surface area contributed by atoms with Crippen LogP contribution in [-0.2, 0) is 0 Å². The molecule has 0 aliphatic carbocycles. The minimum Gasteiger partial charge on any atom is -0.497 e. The van der Waals surface area contributed by atoms with E-state index in [9.17, 15) is 4.79 Å². The summed E-state index contributed by atoms with van der Waals surface area (Å²) < 4.78 is 5.18. The fourth-order valence-corrected chi connectivity index (χ4v) is 3.28. The summed E-state index contributed by atoms with van der Waals surface area (Å²) in [5.74, 6) is 0.788. The van der Waals surface area contributed by atoms with Crippen LogP contribution in [0.2, 0.25) is 10.0 Å². The second-order valence-corrected chi connectivity index (χ2v) is 6.45. The molecule has 1 amide bonds. The summed E-state index contributed by atoms with van der Waals surface area (Å²) in [6, 6.07) is 12.9. The zero-order valence-corrected chi connectivity index (χ0v) is 14.8.